The predicted octanol–water partition coefficient (Wildman–Crippen LogP) is 3.67. The van der Waals surface area contributed by atoms with Gasteiger partial charge in [-0.2, -0.15) is 0 Å². The van der Waals surface area contributed by atoms with Gasteiger partial charge in [0.25, 0.3) is 5.91 Å². The molecule has 0 bridgehead atoms. The zero-order valence-corrected chi connectivity index (χ0v) is 15.7. The van der Waals surface area contributed by atoms with Crippen molar-refractivity contribution in [2.24, 2.45) is 11.8 Å². The molecule has 1 aromatic rings. The summed E-state index contributed by atoms with van der Waals surface area (Å²) in [4.78, 5) is 16.7. The molecule has 0 spiro atoms. The fraction of sp³-hybridized carbons (Fsp3) is 0.667. The van der Waals surface area contributed by atoms with Gasteiger partial charge in [0, 0.05) is 38.3 Å². The fourth-order valence-electron chi connectivity index (χ4n) is 4.38. The van der Waals surface area contributed by atoms with Crippen LogP contribution in [0.3, 0.4) is 0 Å². The standard InChI is InChI=1S/C21H32N2O2/c1-3-23(4-2)21(24)17-9-11-20(12-10-17)25-14-6-13-22-15-18-7-5-8-19(18)16-22/h9-12,18-19H,3-8,13-16H2,1-2H3. The number of carbonyl (C=O) groups is 1. The Morgan fingerprint density at radius 3 is 2.36 bits per heavy atom. The molecule has 2 unspecified atom stereocenters. The molecule has 1 saturated heterocycles. The number of carbonyl (C=O) groups excluding carboxylic acids is 1. The van der Waals surface area contributed by atoms with Crippen molar-refractivity contribution < 1.29 is 9.53 Å². The zero-order valence-electron chi connectivity index (χ0n) is 15.7. The zero-order chi connectivity index (χ0) is 17.6. The molecular formula is C21H32N2O2. The maximum absolute atomic E-state index is 12.3. The topological polar surface area (TPSA) is 32.8 Å². The quantitative estimate of drug-likeness (QED) is 0.675. The van der Waals surface area contributed by atoms with E-state index >= 15 is 0 Å². The summed E-state index contributed by atoms with van der Waals surface area (Å²) in [5.41, 5.74) is 0.736. The van der Waals surface area contributed by atoms with Crippen LogP contribution in [0.25, 0.3) is 0 Å². The Bertz CT molecular complexity index is 542. The Morgan fingerprint density at radius 2 is 1.76 bits per heavy atom. The lowest BCUT2D eigenvalue weighted by Gasteiger charge is -2.19. The van der Waals surface area contributed by atoms with Crippen LogP contribution in [0.2, 0.25) is 0 Å². The summed E-state index contributed by atoms with van der Waals surface area (Å²) in [6.07, 6.45) is 5.39. The van der Waals surface area contributed by atoms with E-state index in [1.54, 1.807) is 0 Å². The summed E-state index contributed by atoms with van der Waals surface area (Å²) in [5.74, 6) is 2.89. The molecule has 25 heavy (non-hydrogen) atoms. The SMILES string of the molecule is CCN(CC)C(=O)c1ccc(OCCCN2CC3CCCC3C2)cc1. The number of rotatable bonds is 8. The van der Waals surface area contributed by atoms with Crippen LogP contribution in [0.15, 0.2) is 24.3 Å². The summed E-state index contributed by atoms with van der Waals surface area (Å²) in [5, 5.41) is 0. The average molecular weight is 344 g/mol. The summed E-state index contributed by atoms with van der Waals surface area (Å²) < 4.78 is 5.86. The van der Waals surface area contributed by atoms with E-state index in [1.807, 2.05) is 43.0 Å². The van der Waals surface area contributed by atoms with Crippen molar-refractivity contribution in [3.63, 3.8) is 0 Å². The van der Waals surface area contributed by atoms with E-state index in [0.717, 1.165) is 55.8 Å². The third-order valence-electron chi connectivity index (χ3n) is 5.84. The van der Waals surface area contributed by atoms with Crippen molar-refractivity contribution >= 4 is 5.91 Å². The molecule has 1 aliphatic carbocycles. The number of likely N-dealkylation sites (tertiary alicyclic amines) is 1. The lowest BCUT2D eigenvalue weighted by atomic mass is 10.0. The van der Waals surface area contributed by atoms with Gasteiger partial charge in [0.2, 0.25) is 0 Å². The lowest BCUT2D eigenvalue weighted by Crippen LogP contribution is -2.30. The first-order chi connectivity index (χ1) is 12.2. The van der Waals surface area contributed by atoms with Gasteiger partial charge in [0.1, 0.15) is 5.75 Å². The third kappa shape index (κ3) is 4.55. The van der Waals surface area contributed by atoms with Gasteiger partial charge in [-0.05, 0) is 69.2 Å². The maximum Gasteiger partial charge on any atom is 0.253 e. The highest BCUT2D eigenvalue weighted by Gasteiger charge is 2.35. The first-order valence-electron chi connectivity index (χ1n) is 9.95. The molecule has 1 amide bonds. The van der Waals surface area contributed by atoms with Gasteiger partial charge in [0.15, 0.2) is 0 Å². The number of hydrogen-bond acceptors (Lipinski definition) is 3. The van der Waals surface area contributed by atoms with Crippen LogP contribution in [0.1, 0.15) is 49.9 Å². The van der Waals surface area contributed by atoms with Crippen molar-refractivity contribution in [1.29, 1.82) is 0 Å². The van der Waals surface area contributed by atoms with Gasteiger partial charge in [0.05, 0.1) is 6.61 Å². The monoisotopic (exact) mass is 344 g/mol. The molecule has 1 aromatic carbocycles. The van der Waals surface area contributed by atoms with E-state index < -0.39 is 0 Å². The van der Waals surface area contributed by atoms with Gasteiger partial charge in [-0.15, -0.1) is 0 Å². The van der Waals surface area contributed by atoms with Crippen molar-refractivity contribution in [3.05, 3.63) is 29.8 Å². The second kappa shape index (κ2) is 8.70. The minimum Gasteiger partial charge on any atom is -0.494 e. The van der Waals surface area contributed by atoms with E-state index in [2.05, 4.69) is 4.90 Å². The number of fused-ring (bicyclic) bond motifs is 1. The molecule has 2 fully saturated rings. The van der Waals surface area contributed by atoms with E-state index in [-0.39, 0.29) is 5.91 Å². The summed E-state index contributed by atoms with van der Waals surface area (Å²) in [7, 11) is 0. The fourth-order valence-corrected chi connectivity index (χ4v) is 4.38. The summed E-state index contributed by atoms with van der Waals surface area (Å²) in [6.45, 7) is 9.98. The molecule has 3 rings (SSSR count). The average Bonchev–Trinajstić information content (AvgIpc) is 3.22. The van der Waals surface area contributed by atoms with Gasteiger partial charge < -0.3 is 14.5 Å². The number of benzene rings is 1. The predicted molar refractivity (Wildman–Crippen MR) is 101 cm³/mol. The molecule has 2 aliphatic rings. The minimum atomic E-state index is 0.0936. The second-order valence-corrected chi connectivity index (χ2v) is 7.41. The van der Waals surface area contributed by atoms with E-state index in [0.29, 0.717) is 0 Å². The molecule has 1 heterocycles. The van der Waals surface area contributed by atoms with Crippen molar-refractivity contribution in [2.45, 2.75) is 39.5 Å². The van der Waals surface area contributed by atoms with Crippen LogP contribution in [-0.4, -0.2) is 55.0 Å². The molecule has 0 N–H and O–H groups in total. The molecule has 138 valence electrons. The second-order valence-electron chi connectivity index (χ2n) is 7.41. The van der Waals surface area contributed by atoms with Crippen LogP contribution < -0.4 is 4.74 Å². The first-order valence-corrected chi connectivity index (χ1v) is 9.95. The van der Waals surface area contributed by atoms with Crippen LogP contribution in [-0.2, 0) is 0 Å². The Hall–Kier alpha value is -1.55. The molecule has 0 radical (unpaired) electrons. The Labute approximate surface area is 152 Å². The number of hydrogen-bond donors (Lipinski definition) is 0. The largest absolute Gasteiger partial charge is 0.494 e. The number of ether oxygens (including phenoxy) is 1. The highest BCUT2D eigenvalue weighted by molar-refractivity contribution is 5.94. The molecule has 0 aromatic heterocycles. The van der Waals surface area contributed by atoms with Crippen LogP contribution in [0.4, 0.5) is 0 Å². The summed E-state index contributed by atoms with van der Waals surface area (Å²) in [6, 6.07) is 7.57. The van der Waals surface area contributed by atoms with E-state index in [1.165, 1.54) is 32.4 Å². The number of amides is 1. The highest BCUT2D eigenvalue weighted by Crippen LogP contribution is 2.37. The molecule has 2 atom stereocenters. The van der Waals surface area contributed by atoms with Crippen molar-refractivity contribution in [2.75, 3.05) is 39.3 Å². The Balaban J connectivity index is 1.38. The highest BCUT2D eigenvalue weighted by atomic mass is 16.5. The summed E-state index contributed by atoms with van der Waals surface area (Å²) >= 11 is 0. The van der Waals surface area contributed by atoms with Gasteiger partial charge in [-0.3, -0.25) is 4.79 Å². The van der Waals surface area contributed by atoms with Crippen LogP contribution in [0, 0.1) is 11.8 Å². The van der Waals surface area contributed by atoms with Crippen molar-refractivity contribution in [1.82, 2.24) is 9.80 Å². The van der Waals surface area contributed by atoms with Crippen LogP contribution >= 0.6 is 0 Å². The maximum atomic E-state index is 12.3. The molecule has 1 aliphatic heterocycles. The Morgan fingerprint density at radius 1 is 1.12 bits per heavy atom. The van der Waals surface area contributed by atoms with E-state index in [9.17, 15) is 4.79 Å². The molecular weight excluding hydrogens is 312 g/mol. The smallest absolute Gasteiger partial charge is 0.253 e. The van der Waals surface area contributed by atoms with Gasteiger partial charge in [-0.1, -0.05) is 6.42 Å². The molecule has 1 saturated carbocycles. The normalized spacial score (nSPS) is 22.8. The molecule has 4 heteroatoms. The van der Waals surface area contributed by atoms with Gasteiger partial charge in [-0.25, -0.2) is 0 Å². The lowest BCUT2D eigenvalue weighted by molar-refractivity contribution is 0.0773. The van der Waals surface area contributed by atoms with E-state index in [4.69, 9.17) is 4.74 Å². The third-order valence-corrected chi connectivity index (χ3v) is 5.84. The Kier molecular flexibility index (Phi) is 6.35. The number of nitrogens with zero attached hydrogens (tertiary/aromatic N) is 2. The van der Waals surface area contributed by atoms with Gasteiger partial charge >= 0.3 is 0 Å². The first kappa shape index (κ1) is 18.2. The molecule has 4 nitrogen and oxygen atoms in total. The van der Waals surface area contributed by atoms with Crippen LogP contribution in [0.5, 0.6) is 5.75 Å². The minimum absolute atomic E-state index is 0.0936. The van der Waals surface area contributed by atoms with Crippen molar-refractivity contribution in [3.8, 4) is 5.75 Å².